The zero-order valence-corrected chi connectivity index (χ0v) is 17.7. The minimum atomic E-state index is -0.542. The Balaban J connectivity index is 1.77. The highest BCUT2D eigenvalue weighted by molar-refractivity contribution is 7.20. The molecule has 0 bridgehead atoms. The molecule has 2 aromatic carbocycles. The number of hydrazone groups is 1. The number of benzene rings is 2. The fraction of sp³-hybridized carbons (Fsp3) is 0.227. The number of hydrogen-bond donors (Lipinski definition) is 2. The molecule has 2 N–H and O–H groups in total. The van der Waals surface area contributed by atoms with Crippen molar-refractivity contribution in [3.8, 4) is 11.3 Å². The molecular weight excluding hydrogens is 384 g/mol. The van der Waals surface area contributed by atoms with Gasteiger partial charge in [-0.25, -0.2) is 9.78 Å². The van der Waals surface area contributed by atoms with Gasteiger partial charge in [0.05, 0.1) is 13.3 Å². The van der Waals surface area contributed by atoms with Gasteiger partial charge in [0.1, 0.15) is 10.7 Å². The van der Waals surface area contributed by atoms with Crippen molar-refractivity contribution in [2.75, 3.05) is 17.9 Å². The molecule has 0 aliphatic rings. The smallest absolute Gasteiger partial charge is 0.412 e. The van der Waals surface area contributed by atoms with Gasteiger partial charge in [-0.05, 0) is 16.5 Å². The third-order valence-electron chi connectivity index (χ3n) is 4.23. The maximum atomic E-state index is 11.7. The van der Waals surface area contributed by atoms with E-state index >= 15 is 0 Å². The Kier molecular flexibility index (Phi) is 6.29. The topological polar surface area (TPSA) is 75.6 Å². The van der Waals surface area contributed by atoms with Crippen LogP contribution in [0.1, 0.15) is 31.9 Å². The number of ether oxygens (including phenoxy) is 1. The summed E-state index contributed by atoms with van der Waals surface area (Å²) >= 11 is 1.29. The standard InChI is InChI=1S/C22H24N4O2S/c1-22(2,3)17-12-10-15(11-13-17)14-23-26-20-24-18(16-8-6-5-7-9-16)19(29-20)25-21(27)28-4/h5-14H,1-4H3,(H,24,26)(H,25,27). The van der Waals surface area contributed by atoms with E-state index < -0.39 is 6.09 Å². The Morgan fingerprint density at radius 2 is 1.79 bits per heavy atom. The van der Waals surface area contributed by atoms with E-state index in [0.29, 0.717) is 15.8 Å². The van der Waals surface area contributed by atoms with Gasteiger partial charge >= 0.3 is 6.09 Å². The van der Waals surface area contributed by atoms with E-state index in [-0.39, 0.29) is 5.41 Å². The van der Waals surface area contributed by atoms with Crippen LogP contribution in [0, 0.1) is 0 Å². The van der Waals surface area contributed by atoms with Crippen LogP contribution < -0.4 is 10.7 Å². The maximum Gasteiger partial charge on any atom is 0.412 e. The van der Waals surface area contributed by atoms with E-state index in [1.54, 1.807) is 6.21 Å². The van der Waals surface area contributed by atoms with Gasteiger partial charge in [-0.3, -0.25) is 10.7 Å². The van der Waals surface area contributed by atoms with Gasteiger partial charge in [0.2, 0.25) is 5.13 Å². The molecule has 1 heterocycles. The predicted octanol–water partition coefficient (Wildman–Crippen LogP) is 5.73. The highest BCUT2D eigenvalue weighted by Crippen LogP contribution is 2.36. The first kappa shape index (κ1) is 20.5. The number of carbonyl (C=O) groups is 1. The van der Waals surface area contributed by atoms with Crippen molar-refractivity contribution in [2.24, 2.45) is 5.10 Å². The molecule has 0 atom stereocenters. The molecule has 3 aromatic rings. The van der Waals surface area contributed by atoms with Gasteiger partial charge in [-0.15, -0.1) is 0 Å². The second-order valence-electron chi connectivity index (χ2n) is 7.42. The number of amides is 1. The lowest BCUT2D eigenvalue weighted by Gasteiger charge is -2.18. The lowest BCUT2D eigenvalue weighted by atomic mass is 9.87. The highest BCUT2D eigenvalue weighted by Gasteiger charge is 2.15. The molecule has 7 heteroatoms. The molecule has 6 nitrogen and oxygen atoms in total. The second-order valence-corrected chi connectivity index (χ2v) is 8.42. The lowest BCUT2D eigenvalue weighted by Crippen LogP contribution is -2.10. The summed E-state index contributed by atoms with van der Waals surface area (Å²) in [5.74, 6) is 0. The number of nitrogens with zero attached hydrogens (tertiary/aromatic N) is 2. The highest BCUT2D eigenvalue weighted by atomic mass is 32.1. The van der Waals surface area contributed by atoms with Crippen LogP contribution in [0.3, 0.4) is 0 Å². The molecule has 1 amide bonds. The van der Waals surface area contributed by atoms with E-state index in [2.05, 4.69) is 53.7 Å². The van der Waals surface area contributed by atoms with Crippen LogP contribution in [-0.2, 0) is 10.2 Å². The molecule has 0 spiro atoms. The van der Waals surface area contributed by atoms with E-state index in [0.717, 1.165) is 11.1 Å². The summed E-state index contributed by atoms with van der Waals surface area (Å²) in [7, 11) is 1.33. The summed E-state index contributed by atoms with van der Waals surface area (Å²) in [6.45, 7) is 6.55. The van der Waals surface area contributed by atoms with E-state index in [1.807, 2.05) is 42.5 Å². The molecule has 1 aromatic heterocycles. The molecule has 0 unspecified atom stereocenters. The first-order valence-electron chi connectivity index (χ1n) is 9.17. The summed E-state index contributed by atoms with van der Waals surface area (Å²) in [6.07, 6.45) is 1.20. The third-order valence-corrected chi connectivity index (χ3v) is 5.10. The van der Waals surface area contributed by atoms with Gasteiger partial charge in [0, 0.05) is 5.56 Å². The summed E-state index contributed by atoms with van der Waals surface area (Å²) in [5.41, 5.74) is 6.87. The van der Waals surface area contributed by atoms with Crippen molar-refractivity contribution in [3.63, 3.8) is 0 Å². The zero-order valence-electron chi connectivity index (χ0n) is 16.9. The molecule has 0 fully saturated rings. The van der Waals surface area contributed by atoms with Crippen LogP contribution in [0.15, 0.2) is 59.7 Å². The summed E-state index contributed by atoms with van der Waals surface area (Å²) in [5, 5.41) is 8.15. The molecule has 150 valence electrons. The number of thiazole rings is 1. The van der Waals surface area contributed by atoms with Crippen LogP contribution in [0.25, 0.3) is 11.3 Å². The molecule has 0 radical (unpaired) electrons. The number of carbonyl (C=O) groups excluding carboxylic acids is 1. The van der Waals surface area contributed by atoms with Crippen LogP contribution in [0.2, 0.25) is 0 Å². The SMILES string of the molecule is COC(=O)Nc1sc(NN=Cc2ccc(C(C)(C)C)cc2)nc1-c1ccccc1. The van der Waals surface area contributed by atoms with E-state index in [1.165, 1.54) is 24.0 Å². The van der Waals surface area contributed by atoms with Crippen molar-refractivity contribution < 1.29 is 9.53 Å². The Bertz CT molecular complexity index is 990. The number of nitrogens with one attached hydrogen (secondary N) is 2. The van der Waals surface area contributed by atoms with Crippen molar-refractivity contribution in [1.82, 2.24) is 4.98 Å². The van der Waals surface area contributed by atoms with Gasteiger partial charge in [-0.2, -0.15) is 5.10 Å². The Morgan fingerprint density at radius 1 is 1.10 bits per heavy atom. The molecule has 29 heavy (non-hydrogen) atoms. The third kappa shape index (κ3) is 5.42. The van der Waals surface area contributed by atoms with Crippen molar-refractivity contribution >= 4 is 33.8 Å². The molecule has 0 aliphatic heterocycles. The van der Waals surface area contributed by atoms with Gasteiger partial charge in [0.15, 0.2) is 0 Å². The zero-order chi connectivity index (χ0) is 20.9. The monoisotopic (exact) mass is 408 g/mol. The molecule has 0 aliphatic carbocycles. The second kappa shape index (κ2) is 8.87. The Hall–Kier alpha value is -3.19. The number of aromatic nitrogens is 1. The molecule has 0 saturated carbocycles. The summed E-state index contributed by atoms with van der Waals surface area (Å²) < 4.78 is 4.71. The molecule has 3 rings (SSSR count). The van der Waals surface area contributed by atoms with Gasteiger partial charge < -0.3 is 4.74 Å². The average molecular weight is 409 g/mol. The van der Waals surface area contributed by atoms with E-state index in [9.17, 15) is 4.79 Å². The summed E-state index contributed by atoms with van der Waals surface area (Å²) in [6, 6.07) is 17.9. The largest absolute Gasteiger partial charge is 0.453 e. The van der Waals surface area contributed by atoms with Crippen molar-refractivity contribution in [2.45, 2.75) is 26.2 Å². The van der Waals surface area contributed by atoms with Crippen LogP contribution in [0.5, 0.6) is 0 Å². The fourth-order valence-electron chi connectivity index (χ4n) is 2.62. The van der Waals surface area contributed by atoms with Crippen molar-refractivity contribution in [3.05, 3.63) is 65.7 Å². The Labute approximate surface area is 174 Å². The number of methoxy groups -OCH3 is 1. The number of anilines is 2. The first-order chi connectivity index (χ1) is 13.9. The fourth-order valence-corrected chi connectivity index (χ4v) is 3.44. The van der Waals surface area contributed by atoms with Gasteiger partial charge in [-0.1, -0.05) is 86.7 Å². The minimum absolute atomic E-state index is 0.117. The number of rotatable bonds is 5. The minimum Gasteiger partial charge on any atom is -0.453 e. The van der Waals surface area contributed by atoms with Crippen LogP contribution in [0.4, 0.5) is 14.9 Å². The molecule has 0 saturated heterocycles. The average Bonchev–Trinajstić information content (AvgIpc) is 3.10. The normalized spacial score (nSPS) is 11.4. The lowest BCUT2D eigenvalue weighted by molar-refractivity contribution is 0.187. The van der Waals surface area contributed by atoms with Crippen LogP contribution in [-0.4, -0.2) is 24.4 Å². The maximum absolute atomic E-state index is 11.7. The Morgan fingerprint density at radius 3 is 2.41 bits per heavy atom. The quantitative estimate of drug-likeness (QED) is 0.417. The van der Waals surface area contributed by atoms with Crippen LogP contribution >= 0.6 is 11.3 Å². The first-order valence-corrected chi connectivity index (χ1v) is 9.99. The van der Waals surface area contributed by atoms with E-state index in [4.69, 9.17) is 4.74 Å². The number of hydrogen-bond acceptors (Lipinski definition) is 6. The molecular formula is C22H24N4O2S. The van der Waals surface area contributed by atoms with Gasteiger partial charge in [0.25, 0.3) is 0 Å². The summed E-state index contributed by atoms with van der Waals surface area (Å²) in [4.78, 5) is 16.2. The van der Waals surface area contributed by atoms with Crippen molar-refractivity contribution in [1.29, 1.82) is 0 Å². The predicted molar refractivity (Wildman–Crippen MR) is 120 cm³/mol.